The molecule has 2 aliphatic rings. The zero-order valence-electron chi connectivity index (χ0n) is 14.2. The van der Waals surface area contributed by atoms with Gasteiger partial charge in [-0.1, -0.05) is 36.6 Å². The Morgan fingerprint density at radius 2 is 1.88 bits per heavy atom. The van der Waals surface area contributed by atoms with Gasteiger partial charge in [-0.25, -0.2) is 0 Å². The fourth-order valence-electron chi connectivity index (χ4n) is 4.38. The summed E-state index contributed by atoms with van der Waals surface area (Å²) in [4.78, 5) is 0. The first-order valence-electron chi connectivity index (χ1n) is 9.13. The van der Waals surface area contributed by atoms with Gasteiger partial charge in [0.15, 0.2) is 0 Å². The highest BCUT2D eigenvalue weighted by Gasteiger charge is 2.45. The average molecular weight is 358 g/mol. The fraction of sp³-hybridized carbons (Fsp3) is 0.429. The molecule has 2 fully saturated rings. The van der Waals surface area contributed by atoms with Gasteiger partial charge in [0.1, 0.15) is 11.5 Å². The summed E-state index contributed by atoms with van der Waals surface area (Å²) in [6.45, 7) is 0.861. The van der Waals surface area contributed by atoms with Crippen LogP contribution in [0.3, 0.4) is 0 Å². The Morgan fingerprint density at radius 3 is 2.72 bits per heavy atom. The van der Waals surface area contributed by atoms with E-state index in [2.05, 4.69) is 17.4 Å². The Labute approximate surface area is 154 Å². The second-order valence-electron chi connectivity index (χ2n) is 7.27. The predicted molar refractivity (Wildman–Crippen MR) is 100 cm³/mol. The summed E-state index contributed by atoms with van der Waals surface area (Å²) in [5.41, 5.74) is 0.679. The highest BCUT2D eigenvalue weighted by Crippen LogP contribution is 2.46. The molecule has 1 saturated carbocycles. The van der Waals surface area contributed by atoms with Crippen LogP contribution in [-0.4, -0.2) is 17.3 Å². The minimum atomic E-state index is -0.513. The molecule has 4 heteroatoms. The number of piperidine rings is 1. The summed E-state index contributed by atoms with van der Waals surface area (Å²) < 4.78 is 5.98. The van der Waals surface area contributed by atoms with E-state index in [0.29, 0.717) is 5.02 Å². The van der Waals surface area contributed by atoms with Crippen molar-refractivity contribution < 1.29 is 9.84 Å². The summed E-state index contributed by atoms with van der Waals surface area (Å²) >= 11 is 5.93. The lowest BCUT2D eigenvalue weighted by Crippen LogP contribution is -2.53. The maximum Gasteiger partial charge on any atom is 0.127 e. The predicted octanol–water partition coefficient (Wildman–Crippen LogP) is 5.09. The number of hydrogen-bond acceptors (Lipinski definition) is 3. The number of halogens is 1. The minimum Gasteiger partial charge on any atom is -0.457 e. The third-order valence-corrected chi connectivity index (χ3v) is 5.91. The van der Waals surface area contributed by atoms with E-state index in [-0.39, 0.29) is 12.0 Å². The Morgan fingerprint density at radius 1 is 1.04 bits per heavy atom. The van der Waals surface area contributed by atoms with Crippen LogP contribution in [0.15, 0.2) is 48.5 Å². The quantitative estimate of drug-likeness (QED) is 0.804. The van der Waals surface area contributed by atoms with Crippen molar-refractivity contribution in [2.45, 2.75) is 43.7 Å². The summed E-state index contributed by atoms with van der Waals surface area (Å²) in [5, 5.41) is 15.4. The third kappa shape index (κ3) is 3.55. The van der Waals surface area contributed by atoms with Crippen LogP contribution in [-0.2, 0) is 0 Å². The molecule has 1 saturated heterocycles. The van der Waals surface area contributed by atoms with Gasteiger partial charge in [0, 0.05) is 17.0 Å². The number of nitrogens with one attached hydrogen (secondary N) is 1. The monoisotopic (exact) mass is 357 g/mol. The van der Waals surface area contributed by atoms with Gasteiger partial charge in [0.25, 0.3) is 0 Å². The molecule has 2 N–H and O–H groups in total. The molecule has 25 heavy (non-hydrogen) atoms. The molecule has 0 spiro atoms. The zero-order chi connectivity index (χ0) is 17.3. The molecule has 1 aliphatic heterocycles. The standard InChI is InChI=1S/C21H24ClNO2/c22-16-7-9-17(10-8-16)25-18-5-3-4-15(14-18)20-19-6-1-2-11-21(19,24)12-13-23-20/h3-5,7-10,14,19-20,23-24H,1-2,6,11-13H2/t19-,20-,21+/m1/s1. The van der Waals surface area contributed by atoms with E-state index in [1.165, 1.54) is 12.0 Å². The van der Waals surface area contributed by atoms with E-state index < -0.39 is 5.60 Å². The summed E-state index contributed by atoms with van der Waals surface area (Å²) in [6.07, 6.45) is 5.20. The van der Waals surface area contributed by atoms with Crippen molar-refractivity contribution >= 4 is 11.6 Å². The van der Waals surface area contributed by atoms with Crippen LogP contribution in [0, 0.1) is 5.92 Å². The summed E-state index contributed by atoms with van der Waals surface area (Å²) in [6, 6.07) is 15.8. The molecule has 2 aromatic carbocycles. The maximum atomic E-state index is 11.1. The molecule has 0 unspecified atom stereocenters. The Hall–Kier alpha value is -1.55. The second-order valence-corrected chi connectivity index (χ2v) is 7.70. The first-order chi connectivity index (χ1) is 12.1. The average Bonchev–Trinajstić information content (AvgIpc) is 2.63. The van der Waals surface area contributed by atoms with Crippen LogP contribution in [0.2, 0.25) is 5.02 Å². The maximum absolute atomic E-state index is 11.1. The van der Waals surface area contributed by atoms with Crippen LogP contribution < -0.4 is 10.1 Å². The lowest BCUT2D eigenvalue weighted by Gasteiger charge is -2.48. The number of benzene rings is 2. The van der Waals surface area contributed by atoms with Gasteiger partial charge < -0.3 is 15.2 Å². The number of rotatable bonds is 3. The van der Waals surface area contributed by atoms with Gasteiger partial charge in [-0.3, -0.25) is 0 Å². The van der Waals surface area contributed by atoms with Crippen molar-refractivity contribution in [3.05, 3.63) is 59.1 Å². The van der Waals surface area contributed by atoms with Gasteiger partial charge in [-0.05, 0) is 67.8 Å². The lowest BCUT2D eigenvalue weighted by molar-refractivity contribution is -0.0861. The molecule has 1 heterocycles. The van der Waals surface area contributed by atoms with Gasteiger partial charge >= 0.3 is 0 Å². The smallest absolute Gasteiger partial charge is 0.127 e. The summed E-state index contributed by atoms with van der Waals surface area (Å²) in [7, 11) is 0. The van der Waals surface area contributed by atoms with Crippen molar-refractivity contribution in [1.29, 1.82) is 0 Å². The number of hydrogen-bond donors (Lipinski definition) is 2. The second kappa shape index (κ2) is 6.99. The number of fused-ring (bicyclic) bond motifs is 1. The zero-order valence-corrected chi connectivity index (χ0v) is 15.0. The van der Waals surface area contributed by atoms with Crippen LogP contribution in [0.5, 0.6) is 11.5 Å². The summed E-state index contributed by atoms with van der Waals surface area (Å²) in [5.74, 6) is 1.86. The molecule has 0 aromatic heterocycles. The van der Waals surface area contributed by atoms with Crippen molar-refractivity contribution in [3.63, 3.8) is 0 Å². The SMILES string of the molecule is O[C@]12CCCC[C@@H]1[C@@H](c1cccc(Oc3ccc(Cl)cc3)c1)NCC2. The first-order valence-corrected chi connectivity index (χ1v) is 9.51. The molecule has 3 nitrogen and oxygen atoms in total. The molecular weight excluding hydrogens is 334 g/mol. The van der Waals surface area contributed by atoms with E-state index in [4.69, 9.17) is 16.3 Å². The molecule has 3 atom stereocenters. The van der Waals surface area contributed by atoms with Crippen molar-refractivity contribution in [3.8, 4) is 11.5 Å². The molecule has 132 valence electrons. The molecule has 0 radical (unpaired) electrons. The molecule has 4 rings (SSSR count). The lowest BCUT2D eigenvalue weighted by atomic mass is 9.67. The molecule has 0 amide bonds. The molecule has 1 aliphatic carbocycles. The van der Waals surface area contributed by atoms with Gasteiger partial charge in [0.05, 0.1) is 5.60 Å². The van der Waals surface area contributed by atoms with E-state index in [9.17, 15) is 5.11 Å². The Kier molecular flexibility index (Phi) is 4.72. The number of ether oxygens (including phenoxy) is 1. The van der Waals surface area contributed by atoms with E-state index in [1.807, 2.05) is 36.4 Å². The Bertz CT molecular complexity index is 729. The molecule has 0 bridgehead atoms. The van der Waals surface area contributed by atoms with Gasteiger partial charge in [-0.15, -0.1) is 0 Å². The Balaban J connectivity index is 1.57. The van der Waals surface area contributed by atoms with Crippen LogP contribution >= 0.6 is 11.6 Å². The molecular formula is C21H24ClNO2. The largest absolute Gasteiger partial charge is 0.457 e. The molecule has 2 aromatic rings. The van der Waals surface area contributed by atoms with E-state index >= 15 is 0 Å². The highest BCUT2D eigenvalue weighted by molar-refractivity contribution is 6.30. The number of aliphatic hydroxyl groups is 1. The van der Waals surface area contributed by atoms with Crippen molar-refractivity contribution in [2.75, 3.05) is 6.54 Å². The van der Waals surface area contributed by atoms with Crippen molar-refractivity contribution in [2.24, 2.45) is 5.92 Å². The topological polar surface area (TPSA) is 41.5 Å². The van der Waals surface area contributed by atoms with Gasteiger partial charge in [0.2, 0.25) is 0 Å². The fourth-order valence-corrected chi connectivity index (χ4v) is 4.51. The van der Waals surface area contributed by atoms with Crippen molar-refractivity contribution in [1.82, 2.24) is 5.32 Å². The van der Waals surface area contributed by atoms with Crippen LogP contribution in [0.25, 0.3) is 0 Å². The van der Waals surface area contributed by atoms with E-state index in [0.717, 1.165) is 43.7 Å². The third-order valence-electron chi connectivity index (χ3n) is 5.66. The first kappa shape index (κ1) is 16.9. The van der Waals surface area contributed by atoms with Crippen LogP contribution in [0.1, 0.15) is 43.7 Å². The van der Waals surface area contributed by atoms with Gasteiger partial charge in [-0.2, -0.15) is 0 Å². The van der Waals surface area contributed by atoms with Crippen LogP contribution in [0.4, 0.5) is 0 Å². The normalized spacial score (nSPS) is 29.0. The van der Waals surface area contributed by atoms with E-state index in [1.54, 1.807) is 0 Å². The minimum absolute atomic E-state index is 0.188. The highest BCUT2D eigenvalue weighted by atomic mass is 35.5.